The Labute approximate surface area is 325 Å². The van der Waals surface area contributed by atoms with Gasteiger partial charge in [0.05, 0.1) is 11.0 Å². The fourth-order valence-electron chi connectivity index (χ4n) is 8.36. The number of rotatable bonds is 5. The van der Waals surface area contributed by atoms with Gasteiger partial charge in [0.15, 0.2) is 23.1 Å². The lowest BCUT2D eigenvalue weighted by atomic mass is 10.0. The smallest absolute Gasteiger partial charge is 0.164 e. The van der Waals surface area contributed by atoms with Crippen LogP contribution >= 0.6 is 0 Å². The molecule has 0 aliphatic heterocycles. The second kappa shape index (κ2) is 12.3. The maximum Gasteiger partial charge on any atom is 0.164 e. The van der Waals surface area contributed by atoms with E-state index in [1.165, 1.54) is 10.9 Å². The van der Waals surface area contributed by atoms with Crippen molar-refractivity contribution in [3.63, 3.8) is 0 Å². The average Bonchev–Trinajstić information content (AvgIpc) is 3.96. The van der Waals surface area contributed by atoms with Crippen LogP contribution in [0, 0.1) is 0 Å². The number of hydrogen-bond acceptors (Lipinski definition) is 5. The summed E-state index contributed by atoms with van der Waals surface area (Å²) in [6.07, 6.45) is 0. The molecule has 0 spiro atoms. The third-order valence-electron chi connectivity index (χ3n) is 11.0. The van der Waals surface area contributed by atoms with Crippen molar-refractivity contribution < 1.29 is 8.83 Å². The van der Waals surface area contributed by atoms with Crippen LogP contribution in [0.5, 0.6) is 0 Å². The number of fused-ring (bicyclic) bond motifs is 10. The minimum absolute atomic E-state index is 0.572. The van der Waals surface area contributed by atoms with Gasteiger partial charge < -0.3 is 13.4 Å². The van der Waals surface area contributed by atoms with Crippen molar-refractivity contribution in [2.75, 3.05) is 0 Å². The van der Waals surface area contributed by atoms with Crippen LogP contribution in [-0.4, -0.2) is 19.5 Å². The van der Waals surface area contributed by atoms with Crippen LogP contribution in [0.4, 0.5) is 0 Å². The zero-order valence-corrected chi connectivity index (χ0v) is 30.4. The molecule has 0 aliphatic carbocycles. The molecule has 6 nitrogen and oxygen atoms in total. The molecule has 8 aromatic carbocycles. The molecule has 0 N–H and O–H groups in total. The SMILES string of the molecule is c1ccc(-c2cccc(-n3c4ccccc4c4ccc5c6cc(-c7nc(-c8ccccc8)nc(-c8ccc9c(c8)oc8ccccc89)n7)ccc6oc5c43)c2)cc1. The summed E-state index contributed by atoms with van der Waals surface area (Å²) in [7, 11) is 0. The van der Waals surface area contributed by atoms with Crippen LogP contribution in [0.15, 0.2) is 191 Å². The quantitative estimate of drug-likeness (QED) is 0.176. The van der Waals surface area contributed by atoms with Crippen molar-refractivity contribution in [1.82, 2.24) is 19.5 Å². The highest BCUT2D eigenvalue weighted by Crippen LogP contribution is 2.42. The molecular weight excluding hydrogens is 701 g/mol. The van der Waals surface area contributed by atoms with E-state index in [1.807, 2.05) is 66.7 Å². The molecule has 12 aromatic rings. The van der Waals surface area contributed by atoms with Crippen LogP contribution in [0.2, 0.25) is 0 Å². The van der Waals surface area contributed by atoms with Gasteiger partial charge in [-0.25, -0.2) is 15.0 Å². The van der Waals surface area contributed by atoms with Crippen molar-refractivity contribution >= 4 is 65.7 Å². The van der Waals surface area contributed by atoms with Gasteiger partial charge >= 0.3 is 0 Å². The Morgan fingerprint density at radius 1 is 0.333 bits per heavy atom. The Morgan fingerprint density at radius 2 is 0.930 bits per heavy atom. The molecule has 6 heteroatoms. The summed E-state index contributed by atoms with van der Waals surface area (Å²) in [6.45, 7) is 0. The molecule has 0 atom stereocenters. The van der Waals surface area contributed by atoms with E-state index in [2.05, 4.69) is 120 Å². The third-order valence-corrected chi connectivity index (χ3v) is 11.0. The summed E-state index contributed by atoms with van der Waals surface area (Å²) in [5.41, 5.74) is 11.5. The largest absolute Gasteiger partial charge is 0.456 e. The van der Waals surface area contributed by atoms with Crippen LogP contribution in [0.1, 0.15) is 0 Å². The summed E-state index contributed by atoms with van der Waals surface area (Å²) in [6, 6.07) is 62.8. The molecule has 0 amide bonds. The minimum atomic E-state index is 0.572. The van der Waals surface area contributed by atoms with E-state index in [4.69, 9.17) is 23.8 Å². The molecule has 4 aromatic heterocycles. The van der Waals surface area contributed by atoms with Gasteiger partial charge in [0.25, 0.3) is 0 Å². The predicted octanol–water partition coefficient (Wildman–Crippen LogP) is 13.4. The highest BCUT2D eigenvalue weighted by atomic mass is 16.3. The number of nitrogens with zero attached hydrogens (tertiary/aromatic N) is 4. The van der Waals surface area contributed by atoms with E-state index in [0.717, 1.165) is 88.2 Å². The highest BCUT2D eigenvalue weighted by molar-refractivity contribution is 6.21. The van der Waals surface area contributed by atoms with Crippen molar-refractivity contribution in [1.29, 1.82) is 0 Å². The molecule has 0 fully saturated rings. The first-order valence-electron chi connectivity index (χ1n) is 19.0. The molecule has 266 valence electrons. The lowest BCUT2D eigenvalue weighted by Crippen LogP contribution is -2.00. The summed E-state index contributed by atoms with van der Waals surface area (Å²) in [5, 5.41) is 6.47. The minimum Gasteiger partial charge on any atom is -0.456 e. The Balaban J connectivity index is 1.05. The van der Waals surface area contributed by atoms with E-state index in [9.17, 15) is 0 Å². The lowest BCUT2D eigenvalue weighted by molar-refractivity contribution is 0.669. The summed E-state index contributed by atoms with van der Waals surface area (Å²) >= 11 is 0. The summed E-state index contributed by atoms with van der Waals surface area (Å²) in [4.78, 5) is 15.1. The number of benzene rings is 8. The first kappa shape index (κ1) is 31.5. The molecule has 4 heterocycles. The number of aromatic nitrogens is 4. The second-order valence-corrected chi connectivity index (χ2v) is 14.4. The molecule has 12 rings (SSSR count). The lowest BCUT2D eigenvalue weighted by Gasteiger charge is -2.10. The van der Waals surface area contributed by atoms with Gasteiger partial charge in [0.1, 0.15) is 16.7 Å². The molecule has 0 radical (unpaired) electrons. The zero-order valence-electron chi connectivity index (χ0n) is 30.4. The van der Waals surface area contributed by atoms with Crippen molar-refractivity contribution in [2.45, 2.75) is 0 Å². The Hall–Kier alpha value is -7.83. The summed E-state index contributed by atoms with van der Waals surface area (Å²) < 4.78 is 15.4. The normalized spacial score (nSPS) is 11.9. The molecule has 0 saturated heterocycles. The van der Waals surface area contributed by atoms with Gasteiger partial charge in [-0.3, -0.25) is 0 Å². The van der Waals surface area contributed by atoms with Gasteiger partial charge in [-0.1, -0.05) is 121 Å². The van der Waals surface area contributed by atoms with Gasteiger partial charge in [-0.15, -0.1) is 0 Å². The third kappa shape index (κ3) is 5.01. The van der Waals surface area contributed by atoms with Crippen LogP contribution < -0.4 is 0 Å². The van der Waals surface area contributed by atoms with Crippen LogP contribution in [0.3, 0.4) is 0 Å². The molecule has 57 heavy (non-hydrogen) atoms. The number of furan rings is 2. The Morgan fingerprint density at radius 3 is 1.75 bits per heavy atom. The topological polar surface area (TPSA) is 69.9 Å². The maximum atomic E-state index is 6.83. The fraction of sp³-hybridized carbons (Fsp3) is 0. The average molecular weight is 731 g/mol. The number of hydrogen-bond donors (Lipinski definition) is 0. The predicted molar refractivity (Wildman–Crippen MR) is 230 cm³/mol. The maximum absolute atomic E-state index is 6.83. The highest BCUT2D eigenvalue weighted by Gasteiger charge is 2.21. The van der Waals surface area contributed by atoms with E-state index in [-0.39, 0.29) is 0 Å². The zero-order chi connectivity index (χ0) is 37.5. The van der Waals surface area contributed by atoms with Crippen molar-refractivity contribution in [3.8, 4) is 51.0 Å². The van der Waals surface area contributed by atoms with Crippen molar-refractivity contribution in [3.05, 3.63) is 182 Å². The van der Waals surface area contributed by atoms with Gasteiger partial charge in [-0.05, 0) is 71.8 Å². The Bertz CT molecular complexity index is 3530. The van der Waals surface area contributed by atoms with Gasteiger partial charge in [0.2, 0.25) is 0 Å². The van der Waals surface area contributed by atoms with E-state index in [1.54, 1.807) is 0 Å². The monoisotopic (exact) mass is 730 g/mol. The standard InChI is InChI=1S/C51H30N4O2/c1-3-12-31(13-4-1)33-16-11-17-36(28-33)55-43-20-9-7-18-37(43)40-25-26-41-42-29-34(23-27-45(42)57-48(41)47(40)55)50-52-49(32-14-5-2-6-15-32)53-51(54-50)35-22-24-39-38-19-8-10-21-44(38)56-46(39)30-35/h1-30H. The van der Waals surface area contributed by atoms with Crippen LogP contribution in [-0.2, 0) is 0 Å². The molecular formula is C51H30N4O2. The first-order chi connectivity index (χ1) is 28.2. The van der Waals surface area contributed by atoms with Gasteiger partial charge in [0, 0.05) is 54.7 Å². The molecule has 0 saturated carbocycles. The van der Waals surface area contributed by atoms with E-state index in [0.29, 0.717) is 17.5 Å². The molecule has 0 bridgehead atoms. The van der Waals surface area contributed by atoms with E-state index >= 15 is 0 Å². The van der Waals surface area contributed by atoms with Gasteiger partial charge in [-0.2, -0.15) is 0 Å². The molecule has 0 aliphatic rings. The van der Waals surface area contributed by atoms with E-state index < -0.39 is 0 Å². The molecule has 0 unspecified atom stereocenters. The second-order valence-electron chi connectivity index (χ2n) is 14.4. The van der Waals surface area contributed by atoms with Crippen molar-refractivity contribution in [2.24, 2.45) is 0 Å². The fourth-order valence-corrected chi connectivity index (χ4v) is 8.36. The first-order valence-corrected chi connectivity index (χ1v) is 19.0. The summed E-state index contributed by atoms with van der Waals surface area (Å²) in [5.74, 6) is 1.75. The van der Waals surface area contributed by atoms with Crippen LogP contribution in [0.25, 0.3) is 117 Å². The number of para-hydroxylation sites is 2. The Kier molecular flexibility index (Phi) is 6.83.